The fourth-order valence-electron chi connectivity index (χ4n) is 4.10. The molecule has 0 bridgehead atoms. The molecule has 0 spiro atoms. The molecule has 0 saturated heterocycles. The van der Waals surface area contributed by atoms with E-state index in [2.05, 4.69) is 32.7 Å². The number of hydrogen-bond donors (Lipinski definition) is 3. The fourth-order valence-corrected chi connectivity index (χ4v) is 4.10. The van der Waals surface area contributed by atoms with Crippen molar-refractivity contribution in [1.29, 1.82) is 0 Å². The van der Waals surface area contributed by atoms with Crippen molar-refractivity contribution < 1.29 is 4.74 Å². The molecule has 8 heteroatoms. The summed E-state index contributed by atoms with van der Waals surface area (Å²) < 4.78 is 7.13. The normalized spacial score (nSPS) is 16.4. The van der Waals surface area contributed by atoms with Gasteiger partial charge >= 0.3 is 0 Å². The second kappa shape index (κ2) is 8.22. The van der Waals surface area contributed by atoms with Crippen molar-refractivity contribution in [1.82, 2.24) is 19.9 Å². The monoisotopic (exact) mass is 428 g/mol. The quantitative estimate of drug-likeness (QED) is 0.454. The Balaban J connectivity index is 1.47. The standard InChI is InChI=1S/C24H24N6O2/c1-15-13-21(31)30-22(18-8-4-6-10-20(18)32-2)28-23(29-24(30)27-15)25-12-11-16-14-26-19-9-5-3-7-17(16)19/h3-10,13-14,22,26H,11-12H2,1-2H3,(H2,25,27,28,29)/t22-/m0/s1. The molecule has 0 unspecified atom stereocenters. The second-order valence-corrected chi connectivity index (χ2v) is 7.68. The van der Waals surface area contributed by atoms with Crippen molar-refractivity contribution in [2.45, 2.75) is 19.5 Å². The van der Waals surface area contributed by atoms with E-state index in [4.69, 9.17) is 9.73 Å². The van der Waals surface area contributed by atoms with Crippen molar-refractivity contribution >= 4 is 22.8 Å². The minimum Gasteiger partial charge on any atom is -0.496 e. The third kappa shape index (κ3) is 3.60. The summed E-state index contributed by atoms with van der Waals surface area (Å²) in [6.07, 6.45) is 2.32. The van der Waals surface area contributed by atoms with E-state index in [9.17, 15) is 4.79 Å². The maximum absolute atomic E-state index is 12.8. The number of aliphatic imine (C=N–C) groups is 1. The van der Waals surface area contributed by atoms with Gasteiger partial charge in [-0.3, -0.25) is 19.7 Å². The Morgan fingerprint density at radius 1 is 1.16 bits per heavy atom. The van der Waals surface area contributed by atoms with Gasteiger partial charge in [0.1, 0.15) is 11.9 Å². The molecule has 162 valence electrons. The number of guanidine groups is 1. The number of nitrogens with zero attached hydrogens (tertiary/aromatic N) is 3. The number of aromatic amines is 1. The van der Waals surface area contributed by atoms with Crippen molar-refractivity contribution in [2.24, 2.45) is 4.99 Å². The van der Waals surface area contributed by atoms with Gasteiger partial charge in [0, 0.05) is 41.0 Å². The summed E-state index contributed by atoms with van der Waals surface area (Å²) in [6, 6.07) is 17.4. The van der Waals surface area contributed by atoms with Gasteiger partial charge in [-0.05, 0) is 31.0 Å². The van der Waals surface area contributed by atoms with Gasteiger partial charge in [-0.2, -0.15) is 0 Å². The van der Waals surface area contributed by atoms with Crippen LogP contribution in [0, 0.1) is 6.92 Å². The zero-order valence-electron chi connectivity index (χ0n) is 17.9. The molecule has 0 saturated carbocycles. The lowest BCUT2D eigenvalue weighted by Gasteiger charge is -2.31. The molecule has 1 atom stereocenters. The molecule has 0 aliphatic carbocycles. The van der Waals surface area contributed by atoms with E-state index in [1.807, 2.05) is 42.6 Å². The van der Waals surface area contributed by atoms with Crippen LogP contribution < -0.4 is 20.9 Å². The molecule has 0 amide bonds. The van der Waals surface area contributed by atoms with Crippen molar-refractivity contribution in [3.8, 4) is 5.75 Å². The van der Waals surface area contributed by atoms with Gasteiger partial charge in [0.15, 0.2) is 5.96 Å². The zero-order valence-corrected chi connectivity index (χ0v) is 17.9. The Labute approximate surface area is 185 Å². The van der Waals surface area contributed by atoms with E-state index in [0.29, 0.717) is 29.9 Å². The molecule has 4 aromatic rings. The molecule has 3 heterocycles. The van der Waals surface area contributed by atoms with Crippen molar-refractivity contribution in [3.05, 3.63) is 88.0 Å². The molecule has 8 nitrogen and oxygen atoms in total. The summed E-state index contributed by atoms with van der Waals surface area (Å²) in [5.74, 6) is 1.71. The summed E-state index contributed by atoms with van der Waals surface area (Å²) in [7, 11) is 1.62. The van der Waals surface area contributed by atoms with Crippen LogP contribution in [-0.4, -0.2) is 34.1 Å². The maximum atomic E-state index is 12.8. The fraction of sp³-hybridized carbons (Fsp3) is 0.208. The van der Waals surface area contributed by atoms with E-state index < -0.39 is 6.17 Å². The number of para-hydroxylation sites is 2. The van der Waals surface area contributed by atoms with Crippen molar-refractivity contribution in [2.75, 3.05) is 19.0 Å². The number of fused-ring (bicyclic) bond motifs is 2. The maximum Gasteiger partial charge on any atom is 0.257 e. The van der Waals surface area contributed by atoms with E-state index in [0.717, 1.165) is 17.5 Å². The molecule has 0 fully saturated rings. The number of H-pyrrole nitrogens is 1. The number of hydrogen-bond acceptors (Lipinski definition) is 4. The minimum atomic E-state index is -0.491. The lowest BCUT2D eigenvalue weighted by molar-refractivity contribution is 0.395. The minimum absolute atomic E-state index is 0.152. The average Bonchev–Trinajstić information content (AvgIpc) is 3.21. The van der Waals surface area contributed by atoms with Crippen LogP contribution in [0.15, 0.2) is 70.6 Å². The zero-order chi connectivity index (χ0) is 22.1. The third-order valence-electron chi connectivity index (χ3n) is 5.60. The summed E-state index contributed by atoms with van der Waals surface area (Å²) in [5, 5.41) is 7.73. The highest BCUT2D eigenvalue weighted by atomic mass is 16.5. The van der Waals surface area contributed by atoms with Gasteiger partial charge in [-0.25, -0.2) is 4.98 Å². The number of anilines is 1. The van der Waals surface area contributed by atoms with Crippen LogP contribution in [0.2, 0.25) is 0 Å². The Morgan fingerprint density at radius 3 is 2.84 bits per heavy atom. The number of rotatable bonds is 5. The van der Waals surface area contributed by atoms with Crippen LogP contribution in [-0.2, 0) is 6.42 Å². The lowest BCUT2D eigenvalue weighted by Crippen LogP contribution is -2.48. The molecule has 2 aromatic heterocycles. The van der Waals surface area contributed by atoms with Crippen LogP contribution in [0.3, 0.4) is 0 Å². The van der Waals surface area contributed by atoms with Crippen LogP contribution in [0.5, 0.6) is 5.75 Å². The number of methoxy groups -OCH3 is 1. The molecule has 1 aliphatic heterocycles. The Kier molecular flexibility index (Phi) is 5.10. The summed E-state index contributed by atoms with van der Waals surface area (Å²) in [4.78, 5) is 25.4. The second-order valence-electron chi connectivity index (χ2n) is 7.68. The lowest BCUT2D eigenvalue weighted by atomic mass is 10.1. The molecule has 32 heavy (non-hydrogen) atoms. The summed E-state index contributed by atoms with van der Waals surface area (Å²) >= 11 is 0. The predicted octanol–water partition coefficient (Wildman–Crippen LogP) is 3.20. The first-order chi connectivity index (χ1) is 15.6. The van der Waals surface area contributed by atoms with Crippen LogP contribution in [0.1, 0.15) is 23.0 Å². The van der Waals surface area contributed by atoms with Crippen LogP contribution >= 0.6 is 0 Å². The molecule has 1 aliphatic rings. The number of aromatic nitrogens is 3. The number of ether oxygens (including phenoxy) is 1. The molecule has 3 N–H and O–H groups in total. The first kappa shape index (κ1) is 19.9. The molecule has 5 rings (SSSR count). The highest BCUT2D eigenvalue weighted by Crippen LogP contribution is 2.28. The van der Waals surface area contributed by atoms with Gasteiger partial charge < -0.3 is 15.0 Å². The number of aryl methyl sites for hydroxylation is 1. The summed E-state index contributed by atoms with van der Waals surface area (Å²) in [6.45, 7) is 2.38. The van der Waals surface area contributed by atoms with Gasteiger partial charge in [-0.1, -0.05) is 36.4 Å². The smallest absolute Gasteiger partial charge is 0.257 e. The molecular formula is C24H24N6O2. The highest BCUT2D eigenvalue weighted by molar-refractivity contribution is 5.94. The molecular weight excluding hydrogens is 404 g/mol. The average molecular weight is 428 g/mol. The van der Waals surface area contributed by atoms with Gasteiger partial charge in [0.05, 0.1) is 7.11 Å². The SMILES string of the molecule is COc1ccccc1[C@H]1NC(=NCCc2c[nH]c3ccccc23)Nc2nc(C)cc(=O)n21. The predicted molar refractivity (Wildman–Crippen MR) is 125 cm³/mol. The summed E-state index contributed by atoms with van der Waals surface area (Å²) in [5.41, 5.74) is 3.66. The van der Waals surface area contributed by atoms with E-state index in [1.54, 1.807) is 18.6 Å². The van der Waals surface area contributed by atoms with E-state index in [1.165, 1.54) is 17.0 Å². The number of nitrogens with one attached hydrogen (secondary N) is 3. The Morgan fingerprint density at radius 2 is 1.97 bits per heavy atom. The van der Waals surface area contributed by atoms with E-state index in [-0.39, 0.29) is 5.56 Å². The number of benzene rings is 2. The Hall–Kier alpha value is -4.07. The van der Waals surface area contributed by atoms with Gasteiger partial charge in [-0.15, -0.1) is 0 Å². The topological polar surface area (TPSA) is 96.3 Å². The first-order valence-corrected chi connectivity index (χ1v) is 10.5. The van der Waals surface area contributed by atoms with Gasteiger partial charge in [0.2, 0.25) is 5.95 Å². The molecule has 0 radical (unpaired) electrons. The van der Waals surface area contributed by atoms with E-state index >= 15 is 0 Å². The van der Waals surface area contributed by atoms with Crippen molar-refractivity contribution in [3.63, 3.8) is 0 Å². The first-order valence-electron chi connectivity index (χ1n) is 10.5. The highest BCUT2D eigenvalue weighted by Gasteiger charge is 2.28. The molecule has 2 aromatic carbocycles. The van der Waals surface area contributed by atoms with Crippen LogP contribution in [0.4, 0.5) is 5.95 Å². The van der Waals surface area contributed by atoms with Crippen LogP contribution in [0.25, 0.3) is 10.9 Å². The third-order valence-corrected chi connectivity index (χ3v) is 5.60. The Bertz CT molecular complexity index is 1370. The largest absolute Gasteiger partial charge is 0.496 e. The van der Waals surface area contributed by atoms with Gasteiger partial charge in [0.25, 0.3) is 5.56 Å².